The fourth-order valence-electron chi connectivity index (χ4n) is 1.15. The molecule has 0 spiro atoms. The van der Waals surface area contributed by atoms with E-state index in [-0.39, 0.29) is 5.75 Å². The molecule has 1 aromatic carbocycles. The van der Waals surface area contributed by atoms with E-state index in [0.717, 1.165) is 0 Å². The van der Waals surface area contributed by atoms with Crippen molar-refractivity contribution in [3.8, 4) is 5.75 Å². The number of halogens is 1. The second-order valence-corrected chi connectivity index (χ2v) is 3.66. The molecule has 0 saturated carbocycles. The van der Waals surface area contributed by atoms with E-state index in [1.807, 2.05) is 0 Å². The van der Waals surface area contributed by atoms with Crippen molar-refractivity contribution in [2.45, 2.75) is 5.50 Å². The lowest BCUT2D eigenvalue weighted by molar-refractivity contribution is 0.474. The molecule has 0 aliphatic carbocycles. The summed E-state index contributed by atoms with van der Waals surface area (Å²) in [6, 6.07) is 6.84. The van der Waals surface area contributed by atoms with Gasteiger partial charge in [-0.3, -0.25) is 0 Å². The van der Waals surface area contributed by atoms with Gasteiger partial charge in [0.15, 0.2) is 11.3 Å². The van der Waals surface area contributed by atoms with Crippen LogP contribution in [0.2, 0.25) is 0 Å². The molecule has 86 valence electrons. The van der Waals surface area contributed by atoms with Gasteiger partial charge in [-0.15, -0.1) is 10.2 Å². The molecule has 1 unspecified atom stereocenters. The standard InChI is InChI=1S/C11H9ClN4O/c12-10-5-6-11(16-14-10)15-13-7-8-3-1-2-4-9(8)17/h1-7,10,17H/b13-7+,15-11+. The molecule has 6 heteroatoms. The molecule has 0 radical (unpaired) electrons. The van der Waals surface area contributed by atoms with Gasteiger partial charge in [-0.25, -0.2) is 0 Å². The minimum Gasteiger partial charge on any atom is -0.507 e. The van der Waals surface area contributed by atoms with Crippen molar-refractivity contribution in [3.05, 3.63) is 42.0 Å². The Kier molecular flexibility index (Phi) is 3.62. The smallest absolute Gasteiger partial charge is 0.195 e. The molecule has 0 aromatic heterocycles. The molecule has 0 saturated heterocycles. The van der Waals surface area contributed by atoms with E-state index in [2.05, 4.69) is 20.4 Å². The molecule has 1 aliphatic rings. The van der Waals surface area contributed by atoms with Gasteiger partial charge in [0.25, 0.3) is 0 Å². The topological polar surface area (TPSA) is 69.7 Å². The third-order valence-electron chi connectivity index (χ3n) is 1.97. The van der Waals surface area contributed by atoms with Crippen LogP contribution in [0.15, 0.2) is 56.8 Å². The first-order chi connectivity index (χ1) is 8.25. The molecule has 0 bridgehead atoms. The van der Waals surface area contributed by atoms with Gasteiger partial charge in [-0.2, -0.15) is 10.2 Å². The molecule has 1 aromatic rings. The minimum absolute atomic E-state index is 0.151. The predicted molar refractivity (Wildman–Crippen MR) is 66.8 cm³/mol. The van der Waals surface area contributed by atoms with Gasteiger partial charge in [0.05, 0.1) is 6.21 Å². The largest absolute Gasteiger partial charge is 0.507 e. The molecular formula is C11H9ClN4O. The number of aromatic hydroxyl groups is 1. The average Bonchev–Trinajstić information content (AvgIpc) is 2.34. The molecule has 0 amide bonds. The zero-order valence-electron chi connectivity index (χ0n) is 8.73. The fourth-order valence-corrected chi connectivity index (χ4v) is 1.27. The van der Waals surface area contributed by atoms with Crippen molar-refractivity contribution in [2.24, 2.45) is 20.4 Å². The predicted octanol–water partition coefficient (Wildman–Crippen LogP) is 2.71. The van der Waals surface area contributed by atoms with E-state index in [1.54, 1.807) is 36.4 Å². The Balaban J connectivity index is 2.08. The van der Waals surface area contributed by atoms with Crippen LogP contribution in [0.25, 0.3) is 0 Å². The van der Waals surface area contributed by atoms with E-state index in [0.29, 0.717) is 11.4 Å². The number of nitrogens with zero attached hydrogens (tertiary/aromatic N) is 4. The Bertz CT molecular complexity index is 506. The Morgan fingerprint density at radius 1 is 1.35 bits per heavy atom. The van der Waals surface area contributed by atoms with Crippen molar-refractivity contribution in [3.63, 3.8) is 0 Å². The van der Waals surface area contributed by atoms with Gasteiger partial charge in [0.1, 0.15) is 5.75 Å². The fraction of sp³-hybridized carbons (Fsp3) is 0.0909. The molecule has 1 heterocycles. The first-order valence-electron chi connectivity index (χ1n) is 4.88. The SMILES string of the molecule is Oc1ccccc1/C=N/N=C1\C=CC(Cl)N=N1. The van der Waals surface area contributed by atoms with Crippen molar-refractivity contribution >= 4 is 23.7 Å². The van der Waals surface area contributed by atoms with Crippen LogP contribution in [-0.2, 0) is 0 Å². The van der Waals surface area contributed by atoms with Crippen molar-refractivity contribution < 1.29 is 5.11 Å². The number of para-hydroxylation sites is 1. The number of phenols is 1. The van der Waals surface area contributed by atoms with Crippen LogP contribution in [0, 0.1) is 0 Å². The maximum atomic E-state index is 9.47. The van der Waals surface area contributed by atoms with Crippen molar-refractivity contribution in [2.75, 3.05) is 0 Å². The van der Waals surface area contributed by atoms with Gasteiger partial charge in [-0.05, 0) is 24.3 Å². The summed E-state index contributed by atoms with van der Waals surface area (Å²) < 4.78 is 0. The number of benzene rings is 1. The molecule has 1 aliphatic heterocycles. The number of hydrogen-bond donors (Lipinski definition) is 1. The van der Waals surface area contributed by atoms with Crippen LogP contribution in [0.4, 0.5) is 0 Å². The summed E-state index contributed by atoms with van der Waals surface area (Å²) in [5.74, 6) is 0.520. The summed E-state index contributed by atoms with van der Waals surface area (Å²) >= 11 is 5.66. The van der Waals surface area contributed by atoms with E-state index in [1.165, 1.54) is 6.21 Å². The zero-order valence-corrected chi connectivity index (χ0v) is 9.49. The summed E-state index contributed by atoms with van der Waals surface area (Å²) in [7, 11) is 0. The summed E-state index contributed by atoms with van der Waals surface area (Å²) in [5, 5.41) is 24.5. The molecule has 1 atom stereocenters. The molecule has 5 nitrogen and oxygen atoms in total. The second-order valence-electron chi connectivity index (χ2n) is 3.21. The number of hydrogen-bond acceptors (Lipinski definition) is 4. The highest BCUT2D eigenvalue weighted by Gasteiger charge is 2.03. The number of rotatable bonds is 2. The highest BCUT2D eigenvalue weighted by molar-refractivity contribution is 6.22. The first-order valence-corrected chi connectivity index (χ1v) is 5.31. The molecule has 17 heavy (non-hydrogen) atoms. The highest BCUT2D eigenvalue weighted by atomic mass is 35.5. The molecule has 1 N–H and O–H groups in total. The summed E-state index contributed by atoms with van der Waals surface area (Å²) in [6.45, 7) is 0. The monoisotopic (exact) mass is 248 g/mol. The van der Waals surface area contributed by atoms with Gasteiger partial charge < -0.3 is 5.11 Å². The normalized spacial score (nSPS) is 21.5. The van der Waals surface area contributed by atoms with Crippen molar-refractivity contribution in [1.82, 2.24) is 0 Å². The van der Waals surface area contributed by atoms with E-state index >= 15 is 0 Å². The average molecular weight is 249 g/mol. The Labute approximate surface area is 103 Å². The Hall–Kier alpha value is -2.01. The maximum Gasteiger partial charge on any atom is 0.195 e. The van der Waals surface area contributed by atoms with Crippen LogP contribution >= 0.6 is 11.6 Å². The number of amidine groups is 1. The van der Waals surface area contributed by atoms with Gasteiger partial charge in [0.2, 0.25) is 0 Å². The third-order valence-corrected chi connectivity index (χ3v) is 2.20. The Morgan fingerprint density at radius 3 is 2.88 bits per heavy atom. The lowest BCUT2D eigenvalue weighted by Gasteiger charge is -1.99. The maximum absolute atomic E-state index is 9.47. The van der Waals surface area contributed by atoms with Gasteiger partial charge in [-0.1, -0.05) is 23.7 Å². The van der Waals surface area contributed by atoms with Gasteiger partial charge >= 0.3 is 0 Å². The van der Waals surface area contributed by atoms with E-state index < -0.39 is 5.50 Å². The van der Waals surface area contributed by atoms with Crippen LogP contribution in [-0.4, -0.2) is 22.7 Å². The highest BCUT2D eigenvalue weighted by Crippen LogP contribution is 2.13. The van der Waals surface area contributed by atoms with Crippen LogP contribution in [0.5, 0.6) is 5.75 Å². The quantitative estimate of drug-likeness (QED) is 0.372. The Morgan fingerprint density at radius 2 is 2.18 bits per heavy atom. The summed E-state index contributed by atoms with van der Waals surface area (Å²) in [4.78, 5) is 0. The lowest BCUT2D eigenvalue weighted by Crippen LogP contribution is -1.98. The lowest BCUT2D eigenvalue weighted by atomic mass is 10.2. The summed E-state index contributed by atoms with van der Waals surface area (Å²) in [5.41, 5.74) is 0.153. The number of alkyl halides is 1. The van der Waals surface area contributed by atoms with E-state index in [4.69, 9.17) is 11.6 Å². The summed E-state index contributed by atoms with van der Waals surface area (Å²) in [6.07, 6.45) is 4.73. The van der Waals surface area contributed by atoms with Crippen LogP contribution in [0.1, 0.15) is 5.56 Å². The van der Waals surface area contributed by atoms with Gasteiger partial charge in [0, 0.05) is 5.56 Å². The molecular weight excluding hydrogens is 240 g/mol. The first kappa shape index (κ1) is 11.5. The number of phenolic OH excluding ortho intramolecular Hbond substituents is 1. The zero-order chi connectivity index (χ0) is 12.1. The molecule has 0 fully saturated rings. The van der Waals surface area contributed by atoms with E-state index in [9.17, 15) is 5.11 Å². The second kappa shape index (κ2) is 5.36. The number of azo groups is 1. The van der Waals surface area contributed by atoms with Crippen LogP contribution in [0.3, 0.4) is 0 Å². The minimum atomic E-state index is -0.434. The molecule has 2 rings (SSSR count). The third kappa shape index (κ3) is 3.22. The van der Waals surface area contributed by atoms with Crippen molar-refractivity contribution in [1.29, 1.82) is 0 Å². The van der Waals surface area contributed by atoms with Crippen LogP contribution < -0.4 is 0 Å².